The van der Waals surface area contributed by atoms with Crippen LogP contribution in [0.3, 0.4) is 0 Å². The van der Waals surface area contributed by atoms with Crippen molar-refractivity contribution in [3.63, 3.8) is 0 Å². The second-order valence-corrected chi connectivity index (χ2v) is 9.11. The van der Waals surface area contributed by atoms with Gasteiger partial charge in [-0.05, 0) is 11.6 Å². The Labute approximate surface area is 87.3 Å². The summed E-state index contributed by atoms with van der Waals surface area (Å²) < 4.78 is 0. The Kier molecular flexibility index (Phi) is 3.51. The maximum absolute atomic E-state index is 5.63. The molecule has 0 amide bonds. The standard InChI is InChI=1S/C12H17NSi/c1-14(2,3)9-8-11-6-4-5-7-12(11)10-13/h4-7H,10,13H2,1-3H3. The summed E-state index contributed by atoms with van der Waals surface area (Å²) in [7, 11) is -1.28. The van der Waals surface area contributed by atoms with Crippen LogP contribution in [0.15, 0.2) is 24.3 Å². The van der Waals surface area contributed by atoms with Gasteiger partial charge in [0, 0.05) is 12.1 Å². The van der Waals surface area contributed by atoms with E-state index in [4.69, 9.17) is 5.73 Å². The molecular formula is C12H17NSi. The molecule has 0 spiro atoms. The molecule has 0 aliphatic carbocycles. The van der Waals surface area contributed by atoms with Gasteiger partial charge in [0.05, 0.1) is 0 Å². The summed E-state index contributed by atoms with van der Waals surface area (Å²) >= 11 is 0. The summed E-state index contributed by atoms with van der Waals surface area (Å²) in [6.45, 7) is 7.29. The van der Waals surface area contributed by atoms with E-state index in [0.29, 0.717) is 6.54 Å². The van der Waals surface area contributed by atoms with Gasteiger partial charge in [-0.3, -0.25) is 0 Å². The van der Waals surface area contributed by atoms with Crippen molar-refractivity contribution >= 4 is 8.07 Å². The molecule has 0 heterocycles. The van der Waals surface area contributed by atoms with Crippen molar-refractivity contribution < 1.29 is 0 Å². The van der Waals surface area contributed by atoms with Gasteiger partial charge in [-0.25, -0.2) is 0 Å². The third kappa shape index (κ3) is 3.37. The highest BCUT2D eigenvalue weighted by atomic mass is 28.3. The van der Waals surface area contributed by atoms with Gasteiger partial charge in [-0.1, -0.05) is 43.8 Å². The first-order valence-corrected chi connectivity index (χ1v) is 8.34. The number of hydrogen-bond acceptors (Lipinski definition) is 1. The monoisotopic (exact) mass is 203 g/mol. The first-order valence-electron chi connectivity index (χ1n) is 4.84. The average Bonchev–Trinajstić information content (AvgIpc) is 2.14. The number of hydrogen-bond donors (Lipinski definition) is 1. The summed E-state index contributed by atoms with van der Waals surface area (Å²) in [6.07, 6.45) is 0. The lowest BCUT2D eigenvalue weighted by Gasteiger charge is -2.04. The molecule has 0 radical (unpaired) electrons. The van der Waals surface area contributed by atoms with Crippen LogP contribution in [0, 0.1) is 11.5 Å². The van der Waals surface area contributed by atoms with E-state index >= 15 is 0 Å². The van der Waals surface area contributed by atoms with Crippen molar-refractivity contribution in [1.82, 2.24) is 0 Å². The van der Waals surface area contributed by atoms with E-state index in [0.717, 1.165) is 11.1 Å². The third-order valence-electron chi connectivity index (χ3n) is 1.81. The van der Waals surface area contributed by atoms with Crippen LogP contribution in [0.5, 0.6) is 0 Å². The Morgan fingerprint density at radius 3 is 2.43 bits per heavy atom. The van der Waals surface area contributed by atoms with E-state index in [9.17, 15) is 0 Å². The average molecular weight is 203 g/mol. The smallest absolute Gasteiger partial charge is 0.129 e. The van der Waals surface area contributed by atoms with E-state index in [1.165, 1.54) is 0 Å². The quantitative estimate of drug-likeness (QED) is 0.550. The second kappa shape index (κ2) is 4.45. The van der Waals surface area contributed by atoms with E-state index in [1.54, 1.807) is 0 Å². The molecule has 0 unspecified atom stereocenters. The Bertz CT molecular complexity index is 366. The molecule has 0 aliphatic heterocycles. The van der Waals surface area contributed by atoms with Gasteiger partial charge in [0.25, 0.3) is 0 Å². The van der Waals surface area contributed by atoms with E-state index in [1.807, 2.05) is 24.3 Å². The SMILES string of the molecule is C[Si](C)(C)C#Cc1ccccc1CN. The number of rotatable bonds is 1. The normalized spacial score (nSPS) is 10.6. The fraction of sp³-hybridized carbons (Fsp3) is 0.333. The van der Waals surface area contributed by atoms with Crippen molar-refractivity contribution in [3.8, 4) is 11.5 Å². The van der Waals surface area contributed by atoms with Gasteiger partial charge in [-0.2, -0.15) is 0 Å². The molecule has 0 aliphatic rings. The van der Waals surface area contributed by atoms with Crippen molar-refractivity contribution in [2.75, 3.05) is 0 Å². The van der Waals surface area contributed by atoms with Crippen LogP contribution in [0.2, 0.25) is 19.6 Å². The lowest BCUT2D eigenvalue weighted by molar-refractivity contribution is 1.06. The van der Waals surface area contributed by atoms with Gasteiger partial charge >= 0.3 is 0 Å². The highest BCUT2D eigenvalue weighted by Crippen LogP contribution is 2.07. The van der Waals surface area contributed by atoms with Gasteiger partial charge in [-0.15, -0.1) is 5.54 Å². The molecule has 0 aromatic heterocycles. The molecule has 1 rings (SSSR count). The first kappa shape index (κ1) is 11.0. The highest BCUT2D eigenvalue weighted by Gasteiger charge is 2.07. The maximum atomic E-state index is 5.63. The molecule has 0 saturated heterocycles. The van der Waals surface area contributed by atoms with Crippen molar-refractivity contribution in [2.45, 2.75) is 26.2 Å². The largest absolute Gasteiger partial charge is 0.326 e. The molecule has 0 fully saturated rings. The third-order valence-corrected chi connectivity index (χ3v) is 2.68. The fourth-order valence-corrected chi connectivity index (χ4v) is 1.58. The highest BCUT2D eigenvalue weighted by molar-refractivity contribution is 6.83. The van der Waals surface area contributed by atoms with Gasteiger partial charge < -0.3 is 5.73 Å². The molecule has 0 atom stereocenters. The van der Waals surface area contributed by atoms with Crippen molar-refractivity contribution in [3.05, 3.63) is 35.4 Å². The molecule has 1 nitrogen and oxygen atoms in total. The lowest BCUT2D eigenvalue weighted by atomic mass is 10.1. The molecule has 2 heteroatoms. The molecule has 0 bridgehead atoms. The molecule has 14 heavy (non-hydrogen) atoms. The molecule has 74 valence electrons. The Hall–Kier alpha value is -1.04. The Morgan fingerprint density at radius 1 is 1.21 bits per heavy atom. The van der Waals surface area contributed by atoms with Crippen LogP contribution in [-0.2, 0) is 6.54 Å². The minimum absolute atomic E-state index is 0.566. The maximum Gasteiger partial charge on any atom is 0.129 e. The molecule has 1 aromatic rings. The minimum atomic E-state index is -1.28. The van der Waals surface area contributed by atoms with Crippen LogP contribution in [0.25, 0.3) is 0 Å². The predicted octanol–water partition coefficient (Wildman–Crippen LogP) is 2.37. The van der Waals surface area contributed by atoms with Crippen LogP contribution in [0.4, 0.5) is 0 Å². The zero-order valence-electron chi connectivity index (χ0n) is 9.09. The molecule has 1 aromatic carbocycles. The Morgan fingerprint density at radius 2 is 1.86 bits per heavy atom. The summed E-state index contributed by atoms with van der Waals surface area (Å²) in [5.74, 6) is 3.24. The summed E-state index contributed by atoms with van der Waals surface area (Å²) in [6, 6.07) is 8.08. The van der Waals surface area contributed by atoms with Crippen molar-refractivity contribution in [1.29, 1.82) is 0 Å². The fourth-order valence-electron chi connectivity index (χ4n) is 1.08. The zero-order valence-corrected chi connectivity index (χ0v) is 10.1. The second-order valence-electron chi connectivity index (χ2n) is 4.36. The van der Waals surface area contributed by atoms with Crippen molar-refractivity contribution in [2.24, 2.45) is 5.73 Å². The van der Waals surface area contributed by atoms with E-state index < -0.39 is 8.07 Å². The summed E-state index contributed by atoms with van der Waals surface area (Å²) in [5.41, 5.74) is 11.2. The number of nitrogens with two attached hydrogens (primary N) is 1. The van der Waals surface area contributed by atoms with Crippen LogP contribution in [0.1, 0.15) is 11.1 Å². The van der Waals surface area contributed by atoms with Crippen LogP contribution < -0.4 is 5.73 Å². The van der Waals surface area contributed by atoms with E-state index in [2.05, 4.69) is 31.1 Å². The topological polar surface area (TPSA) is 26.0 Å². The summed E-state index contributed by atoms with van der Waals surface area (Å²) in [4.78, 5) is 0. The van der Waals surface area contributed by atoms with Crippen LogP contribution >= 0.6 is 0 Å². The van der Waals surface area contributed by atoms with Crippen LogP contribution in [-0.4, -0.2) is 8.07 Å². The van der Waals surface area contributed by atoms with Gasteiger partial charge in [0.1, 0.15) is 8.07 Å². The predicted molar refractivity (Wildman–Crippen MR) is 64.6 cm³/mol. The lowest BCUT2D eigenvalue weighted by Crippen LogP contribution is -2.16. The number of benzene rings is 1. The molecular weight excluding hydrogens is 186 g/mol. The minimum Gasteiger partial charge on any atom is -0.326 e. The zero-order chi connectivity index (χ0) is 10.6. The van der Waals surface area contributed by atoms with Gasteiger partial charge in [0.2, 0.25) is 0 Å². The Balaban J connectivity index is 3.00. The summed E-state index contributed by atoms with van der Waals surface area (Å²) in [5, 5.41) is 0. The molecule has 2 N–H and O–H groups in total. The van der Waals surface area contributed by atoms with Gasteiger partial charge in [0.15, 0.2) is 0 Å². The first-order chi connectivity index (χ1) is 6.53. The van der Waals surface area contributed by atoms with E-state index in [-0.39, 0.29) is 0 Å². The molecule has 0 saturated carbocycles.